The fourth-order valence-corrected chi connectivity index (χ4v) is 3.43. The summed E-state index contributed by atoms with van der Waals surface area (Å²) in [6.45, 7) is 3.47. The van der Waals surface area contributed by atoms with E-state index in [-0.39, 0.29) is 4.58 Å². The van der Waals surface area contributed by atoms with Gasteiger partial charge >= 0.3 is 0 Å². The van der Waals surface area contributed by atoms with E-state index in [2.05, 4.69) is 6.58 Å². The molecule has 1 heterocycles. The van der Waals surface area contributed by atoms with Crippen molar-refractivity contribution in [1.29, 1.82) is 0 Å². The Labute approximate surface area is 64.9 Å². The van der Waals surface area contributed by atoms with Crippen LogP contribution in [0, 0.1) is 0 Å². The summed E-state index contributed by atoms with van der Waals surface area (Å²) >= 11 is 0. The summed E-state index contributed by atoms with van der Waals surface area (Å²) in [5.74, 6) is 0.502. The number of rotatable bonds is 1. The zero-order valence-corrected chi connectivity index (χ0v) is 6.99. The molecule has 56 valence electrons. The first-order valence-corrected chi connectivity index (χ1v) is 5.47. The van der Waals surface area contributed by atoms with E-state index in [1.807, 2.05) is 0 Å². The Morgan fingerprint density at radius 3 is 2.70 bits per heavy atom. The van der Waals surface area contributed by atoms with Crippen LogP contribution >= 0.6 is 0 Å². The van der Waals surface area contributed by atoms with Gasteiger partial charge in [0.2, 0.25) is 0 Å². The third-order valence-electron chi connectivity index (χ3n) is 1.17. The highest BCUT2D eigenvalue weighted by Gasteiger charge is 2.20. The molecule has 0 aliphatic carbocycles. The Hall–Kier alpha value is -0.220. The van der Waals surface area contributed by atoms with E-state index in [1.165, 1.54) is 6.08 Å². The molecule has 3 unspecified atom stereocenters. The third kappa shape index (κ3) is 1.44. The van der Waals surface area contributed by atoms with Gasteiger partial charge < -0.3 is 0 Å². The first kappa shape index (κ1) is 7.88. The SMILES string of the molecule is C=CC1S(=O)C=CCS1=O. The normalized spacial score (nSPS) is 39.4. The quantitative estimate of drug-likeness (QED) is 0.546. The predicted octanol–water partition coefficient (Wildman–Crippen LogP) is 0.523. The standard InChI is InChI=1S/C6H8O2S2/c1-2-6-9(7)4-3-5-10(6)8/h2-4,6H,1,5H2. The van der Waals surface area contributed by atoms with Gasteiger partial charge in [-0.15, -0.1) is 6.58 Å². The van der Waals surface area contributed by atoms with Gasteiger partial charge in [-0.25, -0.2) is 0 Å². The van der Waals surface area contributed by atoms with Crippen LogP contribution in [0.1, 0.15) is 0 Å². The summed E-state index contributed by atoms with van der Waals surface area (Å²) < 4.78 is 21.7. The lowest BCUT2D eigenvalue weighted by Crippen LogP contribution is -2.21. The van der Waals surface area contributed by atoms with Crippen molar-refractivity contribution in [2.75, 3.05) is 5.75 Å². The molecule has 1 aliphatic rings. The molecule has 10 heavy (non-hydrogen) atoms. The molecule has 0 amide bonds. The minimum absolute atomic E-state index is 0.356. The average Bonchev–Trinajstić information content (AvgIpc) is 1.88. The zero-order valence-electron chi connectivity index (χ0n) is 5.36. The zero-order chi connectivity index (χ0) is 7.56. The van der Waals surface area contributed by atoms with Crippen molar-refractivity contribution < 1.29 is 8.42 Å². The number of hydrogen-bond donors (Lipinski definition) is 0. The van der Waals surface area contributed by atoms with Gasteiger partial charge in [-0.3, -0.25) is 8.42 Å². The highest BCUT2D eigenvalue weighted by Crippen LogP contribution is 2.10. The van der Waals surface area contributed by atoms with Gasteiger partial charge in [-0.05, 0) is 0 Å². The maximum absolute atomic E-state index is 11.0. The summed E-state index contributed by atoms with van der Waals surface area (Å²) in [5.41, 5.74) is 0. The first-order chi connectivity index (χ1) is 4.75. The lowest BCUT2D eigenvalue weighted by atomic mass is 10.7. The van der Waals surface area contributed by atoms with E-state index in [0.29, 0.717) is 5.75 Å². The molecule has 0 aromatic rings. The smallest absolute Gasteiger partial charge is 0.132 e. The molecule has 0 spiro atoms. The Balaban J connectivity index is 2.87. The molecule has 4 heteroatoms. The van der Waals surface area contributed by atoms with E-state index in [4.69, 9.17) is 0 Å². The third-order valence-corrected chi connectivity index (χ3v) is 4.73. The second-order valence-corrected chi connectivity index (χ2v) is 5.19. The fraction of sp³-hybridized carbons (Fsp3) is 0.333. The van der Waals surface area contributed by atoms with Crippen molar-refractivity contribution in [2.24, 2.45) is 0 Å². The van der Waals surface area contributed by atoms with E-state index >= 15 is 0 Å². The molecule has 2 nitrogen and oxygen atoms in total. The van der Waals surface area contributed by atoms with Crippen LogP contribution in [0.3, 0.4) is 0 Å². The predicted molar refractivity (Wildman–Crippen MR) is 44.3 cm³/mol. The van der Waals surface area contributed by atoms with Gasteiger partial charge in [0.05, 0.1) is 10.8 Å². The Morgan fingerprint density at radius 1 is 1.60 bits per heavy atom. The molecule has 1 aliphatic heterocycles. The van der Waals surface area contributed by atoms with E-state index in [9.17, 15) is 8.42 Å². The minimum atomic E-state index is -1.11. The summed E-state index contributed by atoms with van der Waals surface area (Å²) in [6.07, 6.45) is 3.18. The van der Waals surface area contributed by atoms with Crippen molar-refractivity contribution in [3.05, 3.63) is 24.1 Å². The molecule has 1 rings (SSSR count). The van der Waals surface area contributed by atoms with Gasteiger partial charge in [0.15, 0.2) is 0 Å². The van der Waals surface area contributed by atoms with Crippen molar-refractivity contribution >= 4 is 21.6 Å². The van der Waals surface area contributed by atoms with Gasteiger partial charge in [-0.1, -0.05) is 12.2 Å². The van der Waals surface area contributed by atoms with Crippen molar-refractivity contribution in [3.63, 3.8) is 0 Å². The van der Waals surface area contributed by atoms with Crippen molar-refractivity contribution in [2.45, 2.75) is 4.58 Å². The Morgan fingerprint density at radius 2 is 2.30 bits per heavy atom. The maximum atomic E-state index is 11.0. The lowest BCUT2D eigenvalue weighted by molar-refractivity contribution is 0.678. The minimum Gasteiger partial charge on any atom is -0.258 e. The van der Waals surface area contributed by atoms with Crippen molar-refractivity contribution in [3.8, 4) is 0 Å². The Kier molecular flexibility index (Phi) is 2.56. The molecule has 0 saturated heterocycles. The monoisotopic (exact) mass is 176 g/mol. The molecule has 0 saturated carbocycles. The second-order valence-electron chi connectivity index (χ2n) is 1.85. The van der Waals surface area contributed by atoms with Gasteiger partial charge in [0, 0.05) is 22.0 Å². The highest BCUT2D eigenvalue weighted by molar-refractivity contribution is 8.05. The van der Waals surface area contributed by atoms with Gasteiger partial charge in [0.25, 0.3) is 0 Å². The molecule has 3 atom stereocenters. The highest BCUT2D eigenvalue weighted by atomic mass is 32.2. The Bertz CT molecular complexity index is 220. The molecule has 0 aromatic carbocycles. The molecule has 0 radical (unpaired) electrons. The summed E-state index contributed by atoms with van der Waals surface area (Å²) in [7, 11) is -2.12. The second kappa shape index (κ2) is 3.25. The summed E-state index contributed by atoms with van der Waals surface area (Å²) in [5, 5.41) is 1.58. The summed E-state index contributed by atoms with van der Waals surface area (Å²) in [6, 6.07) is 0. The summed E-state index contributed by atoms with van der Waals surface area (Å²) in [4.78, 5) is 0. The molecule has 0 N–H and O–H groups in total. The van der Waals surface area contributed by atoms with Gasteiger partial charge in [-0.2, -0.15) is 0 Å². The van der Waals surface area contributed by atoms with Crippen LogP contribution in [-0.2, 0) is 21.6 Å². The number of hydrogen-bond acceptors (Lipinski definition) is 2. The van der Waals surface area contributed by atoms with E-state index < -0.39 is 21.6 Å². The van der Waals surface area contributed by atoms with Crippen LogP contribution in [0.4, 0.5) is 0 Å². The topological polar surface area (TPSA) is 34.1 Å². The molecule has 0 bridgehead atoms. The van der Waals surface area contributed by atoms with E-state index in [0.717, 1.165) is 0 Å². The maximum Gasteiger partial charge on any atom is 0.132 e. The van der Waals surface area contributed by atoms with Crippen LogP contribution in [0.15, 0.2) is 24.1 Å². The van der Waals surface area contributed by atoms with Crippen LogP contribution in [0.5, 0.6) is 0 Å². The lowest BCUT2D eigenvalue weighted by Gasteiger charge is -2.11. The first-order valence-electron chi connectivity index (χ1n) is 2.81. The molecular weight excluding hydrogens is 168 g/mol. The van der Waals surface area contributed by atoms with Crippen LogP contribution in [0.2, 0.25) is 0 Å². The van der Waals surface area contributed by atoms with Gasteiger partial charge in [0.1, 0.15) is 4.58 Å². The van der Waals surface area contributed by atoms with Crippen LogP contribution < -0.4 is 0 Å². The van der Waals surface area contributed by atoms with E-state index in [1.54, 1.807) is 11.5 Å². The largest absolute Gasteiger partial charge is 0.258 e. The van der Waals surface area contributed by atoms with Crippen LogP contribution in [0.25, 0.3) is 0 Å². The van der Waals surface area contributed by atoms with Crippen LogP contribution in [-0.4, -0.2) is 18.8 Å². The molecule has 0 fully saturated rings. The average molecular weight is 176 g/mol. The van der Waals surface area contributed by atoms with Crippen molar-refractivity contribution in [1.82, 2.24) is 0 Å². The fourth-order valence-electron chi connectivity index (χ4n) is 0.709. The molecular formula is C6H8O2S2. The molecule has 0 aromatic heterocycles.